The van der Waals surface area contributed by atoms with Crippen LogP contribution in [0.1, 0.15) is 41.7 Å². The van der Waals surface area contributed by atoms with Crippen LogP contribution in [0.15, 0.2) is 61.2 Å². The predicted octanol–water partition coefficient (Wildman–Crippen LogP) is 3.30. The number of benzene rings is 1. The van der Waals surface area contributed by atoms with Crippen molar-refractivity contribution < 1.29 is 17.9 Å². The summed E-state index contributed by atoms with van der Waals surface area (Å²) in [5.74, 6) is -0.160. The molecule has 0 saturated carbocycles. The maximum Gasteiger partial charge on any atom is 0.338 e. The molecule has 0 N–H and O–H groups in total. The number of fused-ring (bicyclic) bond motifs is 4. The second-order valence-electron chi connectivity index (χ2n) is 7.86. The van der Waals surface area contributed by atoms with Crippen LogP contribution in [0, 0.1) is 0 Å². The summed E-state index contributed by atoms with van der Waals surface area (Å²) in [6, 6.07) is 9.19. The van der Waals surface area contributed by atoms with Crippen molar-refractivity contribution >= 4 is 49.1 Å². The van der Waals surface area contributed by atoms with E-state index < -0.39 is 16.0 Å². The Bertz CT molecular complexity index is 1480. The van der Waals surface area contributed by atoms with Crippen molar-refractivity contribution in [2.45, 2.75) is 37.2 Å². The minimum absolute atomic E-state index is 0.00440. The highest BCUT2D eigenvalue weighted by atomic mass is 79.9. The van der Waals surface area contributed by atoms with Gasteiger partial charge in [0.05, 0.1) is 16.9 Å². The van der Waals surface area contributed by atoms with Crippen LogP contribution < -0.4 is 10.5 Å². The van der Waals surface area contributed by atoms with Crippen LogP contribution in [0.25, 0.3) is 5.65 Å². The lowest BCUT2D eigenvalue weighted by molar-refractivity contribution is 0.0467. The molecule has 4 heterocycles. The molecule has 2 aliphatic rings. The van der Waals surface area contributed by atoms with Crippen LogP contribution in [0.4, 0.5) is 5.69 Å². The van der Waals surface area contributed by atoms with Gasteiger partial charge in [-0.2, -0.15) is 8.42 Å². The Labute approximate surface area is 197 Å². The summed E-state index contributed by atoms with van der Waals surface area (Å²) >= 11 is 3.31. The van der Waals surface area contributed by atoms with E-state index in [1.807, 2.05) is 4.90 Å². The molecule has 5 rings (SSSR count). The average Bonchev–Trinajstić information content (AvgIpc) is 3.02. The van der Waals surface area contributed by atoms with Crippen molar-refractivity contribution in [1.29, 1.82) is 0 Å². The quantitative estimate of drug-likeness (QED) is 0.477. The molecule has 0 bridgehead atoms. The van der Waals surface area contributed by atoms with Gasteiger partial charge in [-0.05, 0) is 59.1 Å². The zero-order chi connectivity index (χ0) is 23.2. The molecule has 2 aliphatic heterocycles. The molecule has 1 saturated heterocycles. The van der Waals surface area contributed by atoms with Crippen LogP contribution in [0.5, 0.6) is 0 Å². The van der Waals surface area contributed by atoms with Gasteiger partial charge in [-0.15, -0.1) is 4.40 Å². The lowest BCUT2D eigenvalue weighted by Crippen LogP contribution is -2.35. The van der Waals surface area contributed by atoms with Crippen molar-refractivity contribution in [2.75, 3.05) is 11.4 Å². The second kappa shape index (κ2) is 8.38. The fraction of sp³-hybridized carbons (Fsp3) is 0.273. The first-order chi connectivity index (χ1) is 15.8. The highest BCUT2D eigenvalue weighted by Crippen LogP contribution is 2.35. The number of halogens is 1. The van der Waals surface area contributed by atoms with Crippen LogP contribution in [0.2, 0.25) is 0 Å². The normalized spacial score (nSPS) is 17.0. The van der Waals surface area contributed by atoms with E-state index in [2.05, 4.69) is 25.3 Å². The van der Waals surface area contributed by atoms with Crippen molar-refractivity contribution in [2.24, 2.45) is 4.40 Å². The summed E-state index contributed by atoms with van der Waals surface area (Å²) in [4.78, 5) is 31.2. The number of hydrogen-bond donors (Lipinski definition) is 0. The molecule has 170 valence electrons. The molecule has 33 heavy (non-hydrogen) atoms. The Balaban J connectivity index is 1.39. The smallest absolute Gasteiger partial charge is 0.338 e. The van der Waals surface area contributed by atoms with Gasteiger partial charge in [0.1, 0.15) is 23.0 Å². The monoisotopic (exact) mass is 530 g/mol. The Kier molecular flexibility index (Phi) is 5.53. The molecule has 2 aromatic heterocycles. The molecule has 1 fully saturated rings. The maximum absolute atomic E-state index is 12.8. The van der Waals surface area contributed by atoms with Crippen molar-refractivity contribution in [1.82, 2.24) is 9.38 Å². The van der Waals surface area contributed by atoms with Crippen molar-refractivity contribution in [3.8, 4) is 0 Å². The third-order valence-electron chi connectivity index (χ3n) is 5.61. The van der Waals surface area contributed by atoms with Gasteiger partial charge in [0.2, 0.25) is 0 Å². The number of nitrogens with zero attached hydrogens (tertiary/aromatic N) is 4. The first-order valence-electron chi connectivity index (χ1n) is 10.4. The van der Waals surface area contributed by atoms with E-state index in [-0.39, 0.29) is 22.6 Å². The highest BCUT2D eigenvalue weighted by Gasteiger charge is 2.32. The van der Waals surface area contributed by atoms with Gasteiger partial charge in [-0.25, -0.2) is 9.78 Å². The number of carbonyl (C=O) groups excluding carboxylic acids is 1. The third-order valence-corrected chi connectivity index (χ3v) is 7.41. The van der Waals surface area contributed by atoms with Crippen LogP contribution in [0.3, 0.4) is 0 Å². The molecule has 11 heteroatoms. The topological polar surface area (TPSA) is 110 Å². The van der Waals surface area contributed by atoms with Gasteiger partial charge in [0, 0.05) is 29.7 Å². The van der Waals surface area contributed by atoms with Gasteiger partial charge in [-0.1, -0.05) is 6.42 Å². The summed E-state index contributed by atoms with van der Waals surface area (Å²) in [5.41, 5.74) is 1.03. The number of pyridine rings is 1. The molecule has 3 aromatic rings. The first kappa shape index (κ1) is 21.8. The SMILES string of the molecule is O=C(OCc1cc(=O)n2cc(Br)ccc2n1)c1ccc2c(c1)S(=O)(=O)N=C1CCCCCN12. The molecule has 0 unspecified atom stereocenters. The lowest BCUT2D eigenvalue weighted by atomic mass is 10.2. The number of esters is 1. The summed E-state index contributed by atoms with van der Waals surface area (Å²) in [6.07, 6.45) is 5.07. The number of carbonyl (C=O) groups is 1. The third kappa shape index (κ3) is 4.18. The molecule has 0 atom stereocenters. The Hall–Kier alpha value is -3.05. The number of hydrogen-bond acceptors (Lipinski definition) is 7. The second-order valence-corrected chi connectivity index (χ2v) is 10.4. The molecule has 0 spiro atoms. The maximum atomic E-state index is 12.8. The fourth-order valence-electron chi connectivity index (χ4n) is 4.03. The fourth-order valence-corrected chi connectivity index (χ4v) is 5.65. The summed E-state index contributed by atoms with van der Waals surface area (Å²) in [5, 5.41) is 0. The lowest BCUT2D eigenvalue weighted by Gasteiger charge is -2.29. The number of ether oxygens (including phenoxy) is 1. The first-order valence-corrected chi connectivity index (χ1v) is 12.7. The number of rotatable bonds is 3. The minimum Gasteiger partial charge on any atom is -0.456 e. The van der Waals surface area contributed by atoms with E-state index in [0.717, 1.165) is 23.7 Å². The average molecular weight is 531 g/mol. The molecule has 9 nitrogen and oxygen atoms in total. The molecule has 0 aliphatic carbocycles. The molecule has 1 aromatic carbocycles. The summed E-state index contributed by atoms with van der Waals surface area (Å²) < 4.78 is 36.9. The van der Waals surface area contributed by atoms with Crippen LogP contribution in [-0.2, 0) is 21.4 Å². The Morgan fingerprint density at radius 2 is 1.97 bits per heavy atom. The van der Waals surface area contributed by atoms with Crippen molar-refractivity contribution in [3.05, 3.63) is 68.7 Å². The van der Waals surface area contributed by atoms with Gasteiger partial charge >= 0.3 is 5.97 Å². The Morgan fingerprint density at radius 1 is 1.12 bits per heavy atom. The van der Waals surface area contributed by atoms with E-state index in [4.69, 9.17) is 4.74 Å². The van der Waals surface area contributed by atoms with Crippen molar-refractivity contribution in [3.63, 3.8) is 0 Å². The highest BCUT2D eigenvalue weighted by molar-refractivity contribution is 9.10. The Morgan fingerprint density at radius 3 is 2.82 bits per heavy atom. The largest absolute Gasteiger partial charge is 0.456 e. The van der Waals surface area contributed by atoms with Gasteiger partial charge in [0.15, 0.2) is 0 Å². The van der Waals surface area contributed by atoms with E-state index in [1.54, 1.807) is 30.5 Å². The predicted molar refractivity (Wildman–Crippen MR) is 125 cm³/mol. The summed E-state index contributed by atoms with van der Waals surface area (Å²) in [6.45, 7) is 0.462. The van der Waals surface area contributed by atoms with Gasteiger partial charge < -0.3 is 9.64 Å². The van der Waals surface area contributed by atoms with E-state index in [1.165, 1.54) is 16.5 Å². The molecule has 0 radical (unpaired) electrons. The van der Waals surface area contributed by atoms with Crippen LogP contribution in [-0.4, -0.2) is 36.2 Å². The zero-order valence-corrected chi connectivity index (χ0v) is 19.8. The van der Waals surface area contributed by atoms with Crippen LogP contribution >= 0.6 is 15.9 Å². The van der Waals surface area contributed by atoms with Gasteiger partial charge in [-0.3, -0.25) is 9.20 Å². The number of anilines is 1. The molecular formula is C22H19BrN4O5S. The van der Waals surface area contributed by atoms with E-state index >= 15 is 0 Å². The van der Waals surface area contributed by atoms with Gasteiger partial charge in [0.25, 0.3) is 15.6 Å². The van der Waals surface area contributed by atoms with E-state index in [9.17, 15) is 18.0 Å². The minimum atomic E-state index is -3.91. The summed E-state index contributed by atoms with van der Waals surface area (Å²) in [7, 11) is -3.91. The number of amidine groups is 1. The van der Waals surface area contributed by atoms with E-state index in [0.29, 0.717) is 35.8 Å². The number of aromatic nitrogens is 2. The standard InChI is InChI=1S/C22H19BrN4O5S/c23-15-6-8-19-24-16(11-21(28)27(19)12-15)13-32-22(29)14-5-7-17-18(10-14)33(30,31)25-20-4-2-1-3-9-26(17)20/h5-8,10-12H,1-4,9,13H2. The zero-order valence-electron chi connectivity index (χ0n) is 17.4. The molecular weight excluding hydrogens is 512 g/mol. The number of sulfonamides is 1. The molecule has 0 amide bonds.